The molecule has 1 saturated heterocycles. The Morgan fingerprint density at radius 1 is 1.08 bits per heavy atom. The third kappa shape index (κ3) is 6.88. The maximum Gasteiger partial charge on any atom is 0.410 e. The van der Waals surface area contributed by atoms with Crippen molar-refractivity contribution in [1.82, 2.24) is 14.9 Å². The predicted molar refractivity (Wildman–Crippen MR) is 145 cm³/mol. The zero-order chi connectivity index (χ0) is 26.4. The van der Waals surface area contributed by atoms with Gasteiger partial charge >= 0.3 is 12.1 Å². The summed E-state index contributed by atoms with van der Waals surface area (Å²) in [4.78, 5) is 35.1. The molecule has 0 saturated carbocycles. The number of hydrogen-bond donors (Lipinski definition) is 1. The number of ether oxygens (including phenoxy) is 2. The minimum atomic E-state index is -0.529. The zero-order valence-electron chi connectivity index (χ0n) is 22.0. The Hall–Kier alpha value is -3.87. The first-order valence-corrected chi connectivity index (χ1v) is 12.8. The summed E-state index contributed by atoms with van der Waals surface area (Å²) in [5.74, 6) is -0.237. The smallest absolute Gasteiger partial charge is 0.410 e. The van der Waals surface area contributed by atoms with Gasteiger partial charge in [0.1, 0.15) is 5.60 Å². The standard InChI is InChI=1S/C30H35N3O4/c1-5-36-28(34)25-20-26(23-13-16-31-24(19-23)12-11-21-9-7-6-8-10-21)32-27(25)22-14-17-33(18-15-22)29(35)37-30(2,3)4/h6-13,16,19-20,22,32H,5,14-15,17-18H2,1-4H3/b12-11+. The molecule has 0 spiro atoms. The van der Waals surface area contributed by atoms with Gasteiger partial charge in [0.05, 0.1) is 17.9 Å². The van der Waals surface area contributed by atoms with E-state index in [1.54, 1.807) is 18.0 Å². The van der Waals surface area contributed by atoms with Crippen molar-refractivity contribution in [3.63, 3.8) is 0 Å². The molecule has 7 nitrogen and oxygen atoms in total. The SMILES string of the molecule is CCOC(=O)c1cc(-c2ccnc(/C=C/c3ccccc3)c2)[nH]c1C1CCN(C(=O)OC(C)(C)C)CC1. The lowest BCUT2D eigenvalue weighted by molar-refractivity contribution is 0.0202. The number of nitrogens with zero attached hydrogens (tertiary/aromatic N) is 2. The third-order valence-corrected chi connectivity index (χ3v) is 6.24. The summed E-state index contributed by atoms with van der Waals surface area (Å²) >= 11 is 0. The summed E-state index contributed by atoms with van der Waals surface area (Å²) in [5.41, 5.74) is 4.57. The molecule has 3 aromatic rings. The van der Waals surface area contributed by atoms with Gasteiger partial charge in [-0.2, -0.15) is 0 Å². The number of rotatable bonds is 6. The van der Waals surface area contributed by atoms with Crippen molar-refractivity contribution in [2.24, 2.45) is 0 Å². The molecule has 1 N–H and O–H groups in total. The van der Waals surface area contributed by atoms with E-state index in [2.05, 4.69) is 9.97 Å². The molecule has 1 amide bonds. The average molecular weight is 502 g/mol. The predicted octanol–water partition coefficient (Wildman–Crippen LogP) is 6.54. The number of pyridine rings is 1. The second-order valence-electron chi connectivity index (χ2n) is 10.2. The Morgan fingerprint density at radius 3 is 2.49 bits per heavy atom. The number of esters is 1. The number of H-pyrrole nitrogens is 1. The lowest BCUT2D eigenvalue weighted by Gasteiger charge is -2.33. The number of carbonyl (C=O) groups excluding carboxylic acids is 2. The molecule has 194 valence electrons. The van der Waals surface area contributed by atoms with Crippen LogP contribution in [-0.4, -0.2) is 52.2 Å². The lowest BCUT2D eigenvalue weighted by Crippen LogP contribution is -2.41. The van der Waals surface area contributed by atoms with Crippen LogP contribution >= 0.6 is 0 Å². The molecular weight excluding hydrogens is 466 g/mol. The van der Waals surface area contributed by atoms with E-state index in [0.29, 0.717) is 25.3 Å². The Bertz CT molecular complexity index is 1250. The van der Waals surface area contributed by atoms with E-state index in [0.717, 1.165) is 41.1 Å². The Kier molecular flexibility index (Phi) is 8.11. The molecule has 1 fully saturated rings. The second kappa shape index (κ2) is 11.5. The van der Waals surface area contributed by atoms with Crippen molar-refractivity contribution in [2.75, 3.05) is 19.7 Å². The molecule has 4 rings (SSSR count). The van der Waals surface area contributed by atoms with Crippen LogP contribution in [-0.2, 0) is 9.47 Å². The highest BCUT2D eigenvalue weighted by Crippen LogP contribution is 2.34. The zero-order valence-corrected chi connectivity index (χ0v) is 22.0. The number of hydrogen-bond acceptors (Lipinski definition) is 5. The van der Waals surface area contributed by atoms with E-state index in [1.807, 2.05) is 81.5 Å². The number of aromatic nitrogens is 2. The fraction of sp³-hybridized carbons (Fsp3) is 0.367. The van der Waals surface area contributed by atoms with Crippen molar-refractivity contribution in [2.45, 2.75) is 52.1 Å². The third-order valence-electron chi connectivity index (χ3n) is 6.24. The molecule has 0 radical (unpaired) electrons. The molecule has 0 unspecified atom stereocenters. The van der Waals surface area contributed by atoms with E-state index in [4.69, 9.17) is 9.47 Å². The van der Waals surface area contributed by atoms with Gasteiger partial charge in [0.25, 0.3) is 0 Å². The van der Waals surface area contributed by atoms with Gasteiger partial charge < -0.3 is 19.4 Å². The van der Waals surface area contributed by atoms with Crippen molar-refractivity contribution >= 4 is 24.2 Å². The normalized spacial score (nSPS) is 14.6. The quantitative estimate of drug-likeness (QED) is 0.388. The van der Waals surface area contributed by atoms with Gasteiger partial charge in [-0.05, 0) is 70.4 Å². The van der Waals surface area contributed by atoms with E-state index >= 15 is 0 Å². The highest BCUT2D eigenvalue weighted by Gasteiger charge is 2.31. The molecule has 7 heteroatoms. The van der Waals surface area contributed by atoms with E-state index in [9.17, 15) is 9.59 Å². The molecule has 0 aliphatic carbocycles. The van der Waals surface area contributed by atoms with Crippen LogP contribution in [0.1, 0.15) is 73.8 Å². The van der Waals surface area contributed by atoms with E-state index in [1.165, 1.54) is 0 Å². The van der Waals surface area contributed by atoms with Crippen molar-refractivity contribution in [3.8, 4) is 11.3 Å². The van der Waals surface area contributed by atoms with Crippen molar-refractivity contribution in [1.29, 1.82) is 0 Å². The summed E-state index contributed by atoms with van der Waals surface area (Å²) in [5, 5.41) is 0. The van der Waals surface area contributed by atoms with Crippen LogP contribution in [0.25, 0.3) is 23.4 Å². The maximum absolute atomic E-state index is 12.9. The number of nitrogens with one attached hydrogen (secondary N) is 1. The molecule has 0 atom stereocenters. The first kappa shape index (κ1) is 26.2. The fourth-order valence-corrected chi connectivity index (χ4v) is 4.46. The van der Waals surface area contributed by atoms with Crippen LogP contribution in [0, 0.1) is 0 Å². The lowest BCUT2D eigenvalue weighted by atomic mass is 9.91. The molecule has 2 aromatic heterocycles. The monoisotopic (exact) mass is 501 g/mol. The Balaban J connectivity index is 1.55. The molecular formula is C30H35N3O4. The van der Waals surface area contributed by atoms with Gasteiger partial charge in [0, 0.05) is 42.2 Å². The number of benzene rings is 1. The molecule has 3 heterocycles. The van der Waals surface area contributed by atoms with Crippen LogP contribution in [0.5, 0.6) is 0 Å². The molecule has 37 heavy (non-hydrogen) atoms. The average Bonchev–Trinajstić information content (AvgIpc) is 3.33. The number of carbonyl (C=O) groups is 2. The fourth-order valence-electron chi connectivity index (χ4n) is 4.46. The van der Waals surface area contributed by atoms with Crippen molar-refractivity contribution < 1.29 is 19.1 Å². The Labute approximate surface area is 218 Å². The van der Waals surface area contributed by atoms with Crippen LogP contribution in [0.2, 0.25) is 0 Å². The first-order chi connectivity index (χ1) is 17.7. The summed E-state index contributed by atoms with van der Waals surface area (Å²) in [6.07, 6.45) is 6.93. The van der Waals surface area contributed by atoms with Crippen molar-refractivity contribution in [3.05, 3.63) is 77.2 Å². The van der Waals surface area contributed by atoms with E-state index in [-0.39, 0.29) is 18.0 Å². The summed E-state index contributed by atoms with van der Waals surface area (Å²) in [7, 11) is 0. The highest BCUT2D eigenvalue weighted by atomic mass is 16.6. The summed E-state index contributed by atoms with van der Waals surface area (Å²) < 4.78 is 10.9. The number of piperidine rings is 1. The van der Waals surface area contributed by atoms with Crippen LogP contribution in [0.4, 0.5) is 4.79 Å². The molecule has 1 aliphatic heterocycles. The summed E-state index contributed by atoms with van der Waals surface area (Å²) in [6.45, 7) is 8.85. The van der Waals surface area contributed by atoms with Crippen LogP contribution in [0.15, 0.2) is 54.7 Å². The first-order valence-electron chi connectivity index (χ1n) is 12.8. The minimum absolute atomic E-state index is 0.103. The Morgan fingerprint density at radius 2 is 1.81 bits per heavy atom. The topological polar surface area (TPSA) is 84.5 Å². The number of amides is 1. The van der Waals surface area contributed by atoms with Crippen LogP contribution in [0.3, 0.4) is 0 Å². The number of likely N-dealkylation sites (tertiary alicyclic amines) is 1. The van der Waals surface area contributed by atoms with Gasteiger partial charge in [-0.3, -0.25) is 4.98 Å². The van der Waals surface area contributed by atoms with Gasteiger partial charge in [-0.25, -0.2) is 9.59 Å². The van der Waals surface area contributed by atoms with Crippen LogP contribution < -0.4 is 0 Å². The molecule has 0 bridgehead atoms. The van der Waals surface area contributed by atoms with E-state index < -0.39 is 5.60 Å². The molecule has 1 aliphatic rings. The second-order valence-corrected chi connectivity index (χ2v) is 10.2. The van der Waals surface area contributed by atoms with Gasteiger partial charge in [-0.1, -0.05) is 36.4 Å². The van der Waals surface area contributed by atoms with Gasteiger partial charge in [-0.15, -0.1) is 0 Å². The van der Waals surface area contributed by atoms with Gasteiger partial charge in [0.2, 0.25) is 0 Å². The number of aromatic amines is 1. The maximum atomic E-state index is 12.9. The largest absolute Gasteiger partial charge is 0.462 e. The summed E-state index contributed by atoms with van der Waals surface area (Å²) in [6, 6.07) is 15.9. The minimum Gasteiger partial charge on any atom is -0.462 e. The highest BCUT2D eigenvalue weighted by molar-refractivity contribution is 5.93. The van der Waals surface area contributed by atoms with Gasteiger partial charge in [0.15, 0.2) is 0 Å². The molecule has 1 aromatic carbocycles.